The highest BCUT2D eigenvalue weighted by atomic mass is 35.5. The molecule has 2 aromatic carbocycles. The van der Waals surface area contributed by atoms with Gasteiger partial charge in [0.15, 0.2) is 0 Å². The standard InChI is InChI=1S/C19H19ClN4O/c1-13-10-11-21-24(13)16-7-5-6-15(12-16)23-19(25)22-14(2)17-8-3-4-9-18(17)20/h3-12,14H,1-2H3,(H2,22,23,25). The van der Waals surface area contributed by atoms with E-state index in [1.54, 1.807) is 6.20 Å². The van der Waals surface area contributed by atoms with Crippen molar-refractivity contribution in [3.63, 3.8) is 0 Å². The topological polar surface area (TPSA) is 59.0 Å². The van der Waals surface area contributed by atoms with Gasteiger partial charge in [-0.25, -0.2) is 9.48 Å². The molecule has 0 spiro atoms. The summed E-state index contributed by atoms with van der Waals surface area (Å²) in [5, 5.41) is 10.7. The molecule has 3 rings (SSSR count). The first-order chi connectivity index (χ1) is 12.0. The van der Waals surface area contributed by atoms with Gasteiger partial charge in [-0.1, -0.05) is 35.9 Å². The van der Waals surface area contributed by atoms with Crippen LogP contribution in [0.3, 0.4) is 0 Å². The van der Waals surface area contributed by atoms with Gasteiger partial charge in [-0.2, -0.15) is 5.10 Å². The minimum absolute atomic E-state index is 0.203. The van der Waals surface area contributed by atoms with Gasteiger partial charge in [0.1, 0.15) is 0 Å². The van der Waals surface area contributed by atoms with Gasteiger partial charge in [0.2, 0.25) is 0 Å². The lowest BCUT2D eigenvalue weighted by Crippen LogP contribution is -2.31. The fraction of sp³-hybridized carbons (Fsp3) is 0.158. The summed E-state index contributed by atoms with van der Waals surface area (Å²) in [7, 11) is 0. The maximum absolute atomic E-state index is 12.3. The van der Waals surface area contributed by atoms with Gasteiger partial charge in [0.25, 0.3) is 0 Å². The number of nitrogens with one attached hydrogen (secondary N) is 2. The molecule has 0 aliphatic carbocycles. The van der Waals surface area contributed by atoms with E-state index in [0.29, 0.717) is 10.7 Å². The maximum atomic E-state index is 12.3. The van der Waals surface area contributed by atoms with Crippen molar-refractivity contribution in [2.75, 3.05) is 5.32 Å². The molecule has 0 aliphatic heterocycles. The second-order valence-electron chi connectivity index (χ2n) is 5.78. The molecule has 128 valence electrons. The summed E-state index contributed by atoms with van der Waals surface area (Å²) in [5.41, 5.74) is 3.48. The van der Waals surface area contributed by atoms with Gasteiger partial charge in [-0.05, 0) is 49.7 Å². The molecule has 2 N–H and O–H groups in total. The number of halogens is 1. The molecule has 1 atom stereocenters. The Labute approximate surface area is 151 Å². The Bertz CT molecular complexity index is 890. The Morgan fingerprint density at radius 2 is 1.96 bits per heavy atom. The molecule has 0 radical (unpaired) electrons. The van der Waals surface area contributed by atoms with Crippen molar-refractivity contribution in [2.24, 2.45) is 0 Å². The van der Waals surface area contributed by atoms with Gasteiger partial charge < -0.3 is 10.6 Å². The minimum Gasteiger partial charge on any atom is -0.331 e. The minimum atomic E-state index is -0.290. The third-order valence-corrected chi connectivity index (χ3v) is 4.24. The average Bonchev–Trinajstić information content (AvgIpc) is 3.01. The second kappa shape index (κ2) is 7.40. The summed E-state index contributed by atoms with van der Waals surface area (Å²) in [4.78, 5) is 12.3. The first-order valence-corrected chi connectivity index (χ1v) is 8.35. The third kappa shape index (κ3) is 4.00. The van der Waals surface area contributed by atoms with Crippen LogP contribution in [0.1, 0.15) is 24.2 Å². The summed E-state index contributed by atoms with van der Waals surface area (Å²) in [6.07, 6.45) is 1.74. The molecule has 0 saturated carbocycles. The SMILES string of the molecule is Cc1ccnn1-c1cccc(NC(=O)NC(C)c2ccccc2Cl)c1. The number of hydrogen-bond acceptors (Lipinski definition) is 2. The van der Waals surface area contributed by atoms with Crippen molar-refractivity contribution < 1.29 is 4.79 Å². The highest BCUT2D eigenvalue weighted by molar-refractivity contribution is 6.31. The molecule has 0 aliphatic rings. The van der Waals surface area contributed by atoms with Crippen molar-refractivity contribution in [3.8, 4) is 5.69 Å². The van der Waals surface area contributed by atoms with Crippen LogP contribution in [-0.2, 0) is 0 Å². The van der Waals surface area contributed by atoms with Crippen LogP contribution in [0.25, 0.3) is 5.69 Å². The number of carbonyl (C=O) groups is 1. The lowest BCUT2D eigenvalue weighted by Gasteiger charge is -2.16. The number of anilines is 1. The molecular formula is C19H19ClN4O. The third-order valence-electron chi connectivity index (χ3n) is 3.90. The molecule has 1 aromatic heterocycles. The highest BCUT2D eigenvalue weighted by Crippen LogP contribution is 2.22. The molecule has 5 nitrogen and oxygen atoms in total. The molecule has 25 heavy (non-hydrogen) atoms. The van der Waals surface area contributed by atoms with E-state index in [4.69, 9.17) is 11.6 Å². The lowest BCUT2D eigenvalue weighted by atomic mass is 10.1. The number of hydrogen-bond donors (Lipinski definition) is 2. The van der Waals surface area contributed by atoms with Crippen LogP contribution in [0.15, 0.2) is 60.8 Å². The van der Waals surface area contributed by atoms with E-state index in [2.05, 4.69) is 15.7 Å². The van der Waals surface area contributed by atoms with E-state index in [1.807, 2.05) is 73.1 Å². The fourth-order valence-electron chi connectivity index (χ4n) is 2.62. The van der Waals surface area contributed by atoms with Crippen LogP contribution in [0.2, 0.25) is 5.02 Å². The predicted molar refractivity (Wildman–Crippen MR) is 100 cm³/mol. The van der Waals surface area contributed by atoms with Gasteiger partial charge >= 0.3 is 6.03 Å². The second-order valence-corrected chi connectivity index (χ2v) is 6.18. The molecule has 6 heteroatoms. The number of urea groups is 1. The Hall–Kier alpha value is -2.79. The quantitative estimate of drug-likeness (QED) is 0.712. The number of benzene rings is 2. The molecule has 0 saturated heterocycles. The predicted octanol–water partition coefficient (Wildman–Crippen LogP) is 4.72. The van der Waals surface area contributed by atoms with Crippen LogP contribution < -0.4 is 10.6 Å². The Kier molecular flexibility index (Phi) is 5.05. The summed E-state index contributed by atoms with van der Waals surface area (Å²) >= 11 is 6.17. The van der Waals surface area contributed by atoms with E-state index in [9.17, 15) is 4.79 Å². The van der Waals surface area contributed by atoms with Crippen molar-refractivity contribution in [1.82, 2.24) is 15.1 Å². The number of carbonyl (C=O) groups excluding carboxylic acids is 1. The smallest absolute Gasteiger partial charge is 0.319 e. The highest BCUT2D eigenvalue weighted by Gasteiger charge is 2.12. The lowest BCUT2D eigenvalue weighted by molar-refractivity contribution is 0.249. The van der Waals surface area contributed by atoms with Crippen LogP contribution in [0.5, 0.6) is 0 Å². The average molecular weight is 355 g/mol. The number of nitrogens with zero attached hydrogens (tertiary/aromatic N) is 2. The first kappa shape index (κ1) is 17.0. The summed E-state index contributed by atoms with van der Waals surface area (Å²) in [6, 6.07) is 16.4. The van der Waals surface area contributed by atoms with E-state index < -0.39 is 0 Å². The van der Waals surface area contributed by atoms with Crippen molar-refractivity contribution in [2.45, 2.75) is 19.9 Å². The van der Waals surface area contributed by atoms with E-state index in [0.717, 1.165) is 16.9 Å². The number of rotatable bonds is 4. The monoisotopic (exact) mass is 354 g/mol. The molecule has 1 heterocycles. The van der Waals surface area contributed by atoms with Gasteiger partial charge in [0.05, 0.1) is 11.7 Å². The molecule has 0 bridgehead atoms. The maximum Gasteiger partial charge on any atom is 0.319 e. The normalized spacial score (nSPS) is 11.8. The van der Waals surface area contributed by atoms with Gasteiger partial charge in [0, 0.05) is 22.6 Å². The number of amides is 2. The number of aromatic nitrogens is 2. The summed E-state index contributed by atoms with van der Waals surface area (Å²) < 4.78 is 1.81. The van der Waals surface area contributed by atoms with E-state index >= 15 is 0 Å². The summed E-state index contributed by atoms with van der Waals surface area (Å²) in [5.74, 6) is 0. The zero-order chi connectivity index (χ0) is 17.8. The summed E-state index contributed by atoms with van der Waals surface area (Å²) in [6.45, 7) is 3.87. The van der Waals surface area contributed by atoms with Crippen LogP contribution in [-0.4, -0.2) is 15.8 Å². The Balaban J connectivity index is 1.69. The van der Waals surface area contributed by atoms with Crippen LogP contribution in [0.4, 0.5) is 10.5 Å². The molecule has 3 aromatic rings. The molecule has 2 amide bonds. The fourth-order valence-corrected chi connectivity index (χ4v) is 2.92. The first-order valence-electron chi connectivity index (χ1n) is 7.97. The largest absolute Gasteiger partial charge is 0.331 e. The van der Waals surface area contributed by atoms with Crippen molar-refractivity contribution in [1.29, 1.82) is 0 Å². The molecule has 1 unspecified atom stereocenters. The van der Waals surface area contributed by atoms with Crippen LogP contribution in [0, 0.1) is 6.92 Å². The van der Waals surface area contributed by atoms with Crippen molar-refractivity contribution >= 4 is 23.3 Å². The van der Waals surface area contributed by atoms with Crippen molar-refractivity contribution in [3.05, 3.63) is 77.1 Å². The number of aryl methyl sites for hydroxylation is 1. The zero-order valence-electron chi connectivity index (χ0n) is 14.0. The Morgan fingerprint density at radius 3 is 2.68 bits per heavy atom. The molecular weight excluding hydrogens is 336 g/mol. The molecule has 0 fully saturated rings. The van der Waals surface area contributed by atoms with E-state index in [-0.39, 0.29) is 12.1 Å². The van der Waals surface area contributed by atoms with E-state index in [1.165, 1.54) is 0 Å². The van der Waals surface area contributed by atoms with Gasteiger partial charge in [-0.3, -0.25) is 0 Å². The van der Waals surface area contributed by atoms with Gasteiger partial charge in [-0.15, -0.1) is 0 Å². The zero-order valence-corrected chi connectivity index (χ0v) is 14.8. The Morgan fingerprint density at radius 1 is 1.16 bits per heavy atom. The van der Waals surface area contributed by atoms with Crippen LogP contribution >= 0.6 is 11.6 Å².